The Hall–Kier alpha value is -3.94. The summed E-state index contributed by atoms with van der Waals surface area (Å²) in [5, 5.41) is 3.18. The van der Waals surface area contributed by atoms with Crippen LogP contribution in [0.15, 0.2) is 60.9 Å². The van der Waals surface area contributed by atoms with Gasteiger partial charge in [-0.3, -0.25) is 14.8 Å². The van der Waals surface area contributed by atoms with Crippen LogP contribution in [0.3, 0.4) is 0 Å². The zero-order chi connectivity index (χ0) is 22.2. The predicted octanol–water partition coefficient (Wildman–Crippen LogP) is 3.93. The van der Waals surface area contributed by atoms with Gasteiger partial charge in [-0.15, -0.1) is 0 Å². The van der Waals surface area contributed by atoms with Gasteiger partial charge in [0.1, 0.15) is 17.5 Å². The smallest absolute Gasteiger partial charge is 0.253 e. The number of pyridine rings is 1. The Morgan fingerprint density at radius 1 is 1.03 bits per heavy atom. The molecule has 8 heteroatoms. The Kier molecular flexibility index (Phi) is 4.97. The van der Waals surface area contributed by atoms with E-state index < -0.39 is 11.7 Å². The summed E-state index contributed by atoms with van der Waals surface area (Å²) in [5.41, 5.74) is 2.67. The molecule has 4 aromatic rings. The number of aromatic nitrogens is 3. The van der Waals surface area contributed by atoms with E-state index in [-0.39, 0.29) is 17.3 Å². The van der Waals surface area contributed by atoms with Crippen LogP contribution in [0.2, 0.25) is 0 Å². The maximum absolute atomic E-state index is 14.5. The number of hydrogen-bond donors (Lipinski definition) is 1. The van der Waals surface area contributed by atoms with Gasteiger partial charge < -0.3 is 10.2 Å². The quantitative estimate of drug-likeness (QED) is 0.530. The second-order valence-electron chi connectivity index (χ2n) is 7.67. The largest absolute Gasteiger partial charge is 0.355 e. The van der Waals surface area contributed by atoms with Crippen LogP contribution in [0.5, 0.6) is 0 Å². The van der Waals surface area contributed by atoms with E-state index in [1.54, 1.807) is 24.5 Å². The third kappa shape index (κ3) is 3.53. The van der Waals surface area contributed by atoms with E-state index in [0.717, 1.165) is 22.4 Å². The molecule has 6 nitrogen and oxygen atoms in total. The molecule has 5 rings (SSSR count). The fourth-order valence-corrected chi connectivity index (χ4v) is 3.95. The number of benzene rings is 2. The highest BCUT2D eigenvalue weighted by atomic mass is 19.1. The van der Waals surface area contributed by atoms with Crippen LogP contribution < -0.4 is 10.2 Å². The van der Waals surface area contributed by atoms with Crippen LogP contribution in [-0.4, -0.2) is 41.0 Å². The number of anilines is 1. The van der Waals surface area contributed by atoms with Gasteiger partial charge in [-0.2, -0.15) is 0 Å². The van der Waals surface area contributed by atoms with Gasteiger partial charge in [0.15, 0.2) is 0 Å². The highest BCUT2D eigenvalue weighted by Gasteiger charge is 2.32. The maximum atomic E-state index is 14.5. The molecule has 0 unspecified atom stereocenters. The zero-order valence-corrected chi connectivity index (χ0v) is 17.2. The fourth-order valence-electron chi connectivity index (χ4n) is 3.95. The molecule has 1 saturated heterocycles. The van der Waals surface area contributed by atoms with Gasteiger partial charge in [-0.25, -0.2) is 13.8 Å². The highest BCUT2D eigenvalue weighted by Crippen LogP contribution is 2.35. The molecule has 0 atom stereocenters. The van der Waals surface area contributed by atoms with E-state index in [4.69, 9.17) is 0 Å². The summed E-state index contributed by atoms with van der Waals surface area (Å²) < 4.78 is 27.9. The molecule has 2 aromatic heterocycles. The minimum Gasteiger partial charge on any atom is -0.355 e. The Labute approximate surface area is 183 Å². The van der Waals surface area contributed by atoms with Crippen LogP contribution in [0, 0.1) is 11.6 Å². The van der Waals surface area contributed by atoms with Crippen molar-refractivity contribution in [3.8, 4) is 11.3 Å². The SMILES string of the molecule is CNC(=O)c1ccc(-c2nccnc2C2CN(c3ccc4cc(F)ccc4n3)C2)cc1F. The number of hydrogen-bond acceptors (Lipinski definition) is 5. The summed E-state index contributed by atoms with van der Waals surface area (Å²) >= 11 is 0. The first-order chi connectivity index (χ1) is 15.5. The molecule has 1 fully saturated rings. The maximum Gasteiger partial charge on any atom is 0.253 e. The van der Waals surface area contributed by atoms with Gasteiger partial charge in [-0.05, 0) is 42.5 Å². The second kappa shape index (κ2) is 7.96. The lowest BCUT2D eigenvalue weighted by atomic mass is 9.92. The lowest BCUT2D eigenvalue weighted by Gasteiger charge is -2.40. The topological polar surface area (TPSA) is 71.0 Å². The third-order valence-corrected chi connectivity index (χ3v) is 5.67. The molecule has 0 radical (unpaired) electrons. The van der Waals surface area contributed by atoms with E-state index in [0.29, 0.717) is 24.3 Å². The van der Waals surface area contributed by atoms with Crippen LogP contribution >= 0.6 is 0 Å². The van der Waals surface area contributed by atoms with Crippen molar-refractivity contribution >= 4 is 22.6 Å². The third-order valence-electron chi connectivity index (χ3n) is 5.67. The van der Waals surface area contributed by atoms with Gasteiger partial charge >= 0.3 is 0 Å². The molecule has 1 N–H and O–H groups in total. The molecule has 1 aliphatic rings. The lowest BCUT2D eigenvalue weighted by molar-refractivity contribution is 0.0959. The van der Waals surface area contributed by atoms with Gasteiger partial charge in [0.25, 0.3) is 5.91 Å². The molecular formula is C24H19F2N5O. The molecule has 0 spiro atoms. The molecule has 0 aliphatic carbocycles. The van der Waals surface area contributed by atoms with Crippen molar-refractivity contribution in [1.29, 1.82) is 0 Å². The van der Waals surface area contributed by atoms with Crippen LogP contribution in [0.25, 0.3) is 22.2 Å². The Balaban J connectivity index is 1.38. The van der Waals surface area contributed by atoms with Crippen LogP contribution in [0.4, 0.5) is 14.6 Å². The van der Waals surface area contributed by atoms with Crippen LogP contribution in [0.1, 0.15) is 22.0 Å². The second-order valence-corrected chi connectivity index (χ2v) is 7.67. The Morgan fingerprint density at radius 2 is 1.84 bits per heavy atom. The van der Waals surface area contributed by atoms with E-state index in [1.165, 1.54) is 31.3 Å². The average Bonchev–Trinajstić information content (AvgIpc) is 2.78. The number of nitrogens with one attached hydrogen (secondary N) is 1. The van der Waals surface area contributed by atoms with Gasteiger partial charge in [0, 0.05) is 49.4 Å². The summed E-state index contributed by atoms with van der Waals surface area (Å²) in [4.78, 5) is 27.5. The number of carbonyl (C=O) groups is 1. The molecule has 1 aliphatic heterocycles. The monoisotopic (exact) mass is 431 g/mol. The molecule has 0 saturated carbocycles. The van der Waals surface area contributed by atoms with E-state index in [1.807, 2.05) is 12.1 Å². The number of amides is 1. The van der Waals surface area contributed by atoms with Crippen molar-refractivity contribution < 1.29 is 13.6 Å². The molecule has 160 valence electrons. The minimum atomic E-state index is -0.606. The zero-order valence-electron chi connectivity index (χ0n) is 17.2. The molecule has 0 bridgehead atoms. The summed E-state index contributed by atoms with van der Waals surface area (Å²) in [7, 11) is 1.46. The molecular weight excluding hydrogens is 412 g/mol. The van der Waals surface area contributed by atoms with Crippen molar-refractivity contribution in [3.05, 3.63) is 83.8 Å². The predicted molar refractivity (Wildman–Crippen MR) is 117 cm³/mol. The number of halogens is 2. The summed E-state index contributed by atoms with van der Waals surface area (Å²) in [5.74, 6) is -0.455. The normalized spacial score (nSPS) is 13.8. The van der Waals surface area contributed by atoms with Gasteiger partial charge in [0.05, 0.1) is 22.5 Å². The summed E-state index contributed by atoms with van der Waals surface area (Å²) in [6.07, 6.45) is 3.20. The number of carbonyl (C=O) groups excluding carboxylic acids is 1. The molecule has 2 aromatic carbocycles. The first-order valence-electron chi connectivity index (χ1n) is 10.2. The fraction of sp³-hybridized carbons (Fsp3) is 0.167. The van der Waals surface area contributed by atoms with Crippen molar-refractivity contribution in [2.75, 3.05) is 25.0 Å². The van der Waals surface area contributed by atoms with Crippen molar-refractivity contribution in [3.63, 3.8) is 0 Å². The van der Waals surface area contributed by atoms with Crippen molar-refractivity contribution in [2.45, 2.75) is 5.92 Å². The van der Waals surface area contributed by atoms with E-state index in [2.05, 4.69) is 25.2 Å². The average molecular weight is 431 g/mol. The van der Waals surface area contributed by atoms with Crippen LogP contribution in [-0.2, 0) is 0 Å². The number of fused-ring (bicyclic) bond motifs is 1. The first kappa shape index (κ1) is 20.0. The Morgan fingerprint density at radius 3 is 2.62 bits per heavy atom. The van der Waals surface area contributed by atoms with Crippen molar-refractivity contribution in [1.82, 2.24) is 20.3 Å². The Bertz CT molecular complexity index is 1340. The first-order valence-corrected chi connectivity index (χ1v) is 10.2. The van der Waals surface area contributed by atoms with Crippen molar-refractivity contribution in [2.24, 2.45) is 0 Å². The van der Waals surface area contributed by atoms with E-state index >= 15 is 0 Å². The molecule has 32 heavy (non-hydrogen) atoms. The summed E-state index contributed by atoms with van der Waals surface area (Å²) in [6, 6.07) is 12.7. The standard InChI is InChI=1S/C24H19F2N5O/c1-27-24(32)18-5-2-15(11-19(18)26)22-23(29-9-8-28-22)16-12-31(13-16)21-7-3-14-10-17(25)4-6-20(14)30-21/h2-11,16H,12-13H2,1H3,(H,27,32). The summed E-state index contributed by atoms with van der Waals surface area (Å²) in [6.45, 7) is 1.37. The molecule has 1 amide bonds. The highest BCUT2D eigenvalue weighted by molar-refractivity contribution is 5.94. The van der Waals surface area contributed by atoms with E-state index in [9.17, 15) is 13.6 Å². The van der Waals surface area contributed by atoms with Gasteiger partial charge in [0.2, 0.25) is 0 Å². The number of nitrogens with zero attached hydrogens (tertiary/aromatic N) is 4. The van der Waals surface area contributed by atoms with Gasteiger partial charge in [-0.1, -0.05) is 6.07 Å². The lowest BCUT2D eigenvalue weighted by Crippen LogP contribution is -2.46. The minimum absolute atomic E-state index is 0.0150. The molecule has 3 heterocycles. The number of rotatable bonds is 4.